The Hall–Kier alpha value is -3.74. The van der Waals surface area contributed by atoms with Crippen molar-refractivity contribution in [1.82, 2.24) is 23.8 Å². The maximum atomic E-state index is 14.1. The van der Waals surface area contributed by atoms with E-state index in [0.29, 0.717) is 31.6 Å². The number of halogens is 4. The Morgan fingerprint density at radius 1 is 1.10 bits per heavy atom. The highest BCUT2D eigenvalue weighted by molar-refractivity contribution is 6.33. The van der Waals surface area contributed by atoms with E-state index >= 15 is 0 Å². The molecular formula is C26H27ClF3N5O5. The molecule has 0 aromatic carbocycles. The number of carbonyl (C=O) groups excluding carboxylic acids is 3. The summed E-state index contributed by atoms with van der Waals surface area (Å²) in [6, 6.07) is 2.30. The van der Waals surface area contributed by atoms with Gasteiger partial charge in [-0.05, 0) is 45.7 Å². The van der Waals surface area contributed by atoms with Gasteiger partial charge in [0.2, 0.25) is 0 Å². The van der Waals surface area contributed by atoms with Crippen molar-refractivity contribution in [3.8, 4) is 11.1 Å². The van der Waals surface area contributed by atoms with Crippen molar-refractivity contribution in [1.29, 1.82) is 0 Å². The summed E-state index contributed by atoms with van der Waals surface area (Å²) in [4.78, 5) is 44.7. The number of hydrogen-bond acceptors (Lipinski definition) is 6. The molecule has 0 spiro atoms. The summed E-state index contributed by atoms with van der Waals surface area (Å²) in [5.74, 6) is -0.595. The Labute approximate surface area is 232 Å². The zero-order valence-corrected chi connectivity index (χ0v) is 22.8. The molecule has 40 heavy (non-hydrogen) atoms. The molecule has 5 rings (SSSR count). The first-order chi connectivity index (χ1) is 18.7. The second-order valence-electron chi connectivity index (χ2n) is 10.7. The van der Waals surface area contributed by atoms with Gasteiger partial charge in [-0.3, -0.25) is 13.8 Å². The van der Waals surface area contributed by atoms with Crippen LogP contribution in [-0.4, -0.2) is 79.7 Å². The van der Waals surface area contributed by atoms with E-state index in [4.69, 9.17) is 21.1 Å². The molecule has 0 atom stereocenters. The van der Waals surface area contributed by atoms with Crippen molar-refractivity contribution in [3.63, 3.8) is 0 Å². The lowest BCUT2D eigenvalue weighted by atomic mass is 10.0. The first-order valence-electron chi connectivity index (χ1n) is 12.7. The van der Waals surface area contributed by atoms with Gasteiger partial charge in [0.05, 0.1) is 12.1 Å². The quantitative estimate of drug-likeness (QED) is 0.415. The molecule has 2 fully saturated rings. The largest absolute Gasteiger partial charge is 0.448 e. The van der Waals surface area contributed by atoms with Gasteiger partial charge in [-0.15, -0.1) is 0 Å². The Morgan fingerprint density at radius 3 is 2.40 bits per heavy atom. The fraction of sp³-hybridized carbons (Fsp3) is 0.462. The van der Waals surface area contributed by atoms with Crippen LogP contribution < -0.4 is 0 Å². The van der Waals surface area contributed by atoms with Crippen molar-refractivity contribution in [3.05, 3.63) is 47.1 Å². The molecule has 0 aliphatic carbocycles. The van der Waals surface area contributed by atoms with Crippen LogP contribution in [0.4, 0.5) is 22.8 Å². The van der Waals surface area contributed by atoms with E-state index < -0.39 is 35.0 Å². The molecule has 2 aliphatic rings. The number of imidazole rings is 1. The molecule has 0 saturated carbocycles. The minimum atomic E-state index is -4.80. The van der Waals surface area contributed by atoms with Crippen LogP contribution in [-0.2, 0) is 15.7 Å². The molecule has 0 unspecified atom stereocenters. The predicted molar refractivity (Wildman–Crippen MR) is 137 cm³/mol. The minimum Gasteiger partial charge on any atom is -0.448 e. The topological polar surface area (TPSA) is 98.4 Å². The fourth-order valence-electron chi connectivity index (χ4n) is 4.88. The van der Waals surface area contributed by atoms with Crippen LogP contribution in [0.5, 0.6) is 0 Å². The van der Waals surface area contributed by atoms with E-state index in [0.717, 1.165) is 15.0 Å². The Kier molecular flexibility index (Phi) is 6.97. The van der Waals surface area contributed by atoms with Gasteiger partial charge in [-0.2, -0.15) is 13.2 Å². The number of cyclic esters (lactones) is 1. The van der Waals surface area contributed by atoms with Crippen LogP contribution in [0.3, 0.4) is 0 Å². The number of pyridine rings is 1. The molecule has 5 heterocycles. The normalized spacial score (nSPS) is 17.0. The summed E-state index contributed by atoms with van der Waals surface area (Å²) in [6.45, 7) is 6.48. The molecule has 214 valence electrons. The molecular weight excluding hydrogens is 555 g/mol. The summed E-state index contributed by atoms with van der Waals surface area (Å²) in [5, 5.41) is -0.260. The van der Waals surface area contributed by atoms with Gasteiger partial charge in [0.25, 0.3) is 5.91 Å². The van der Waals surface area contributed by atoms with Crippen molar-refractivity contribution in [2.24, 2.45) is 0 Å². The number of nitrogens with zero attached hydrogens (tertiary/aromatic N) is 5. The van der Waals surface area contributed by atoms with Crippen LogP contribution in [0.25, 0.3) is 16.8 Å². The molecule has 2 saturated heterocycles. The predicted octanol–water partition coefficient (Wildman–Crippen LogP) is 5.32. The van der Waals surface area contributed by atoms with Gasteiger partial charge in [-0.1, -0.05) is 11.6 Å². The van der Waals surface area contributed by atoms with E-state index in [1.54, 1.807) is 25.7 Å². The number of alkyl halides is 3. The number of piperidine rings is 1. The van der Waals surface area contributed by atoms with Gasteiger partial charge in [0, 0.05) is 48.8 Å². The van der Waals surface area contributed by atoms with Gasteiger partial charge in [-0.25, -0.2) is 14.6 Å². The van der Waals surface area contributed by atoms with Crippen molar-refractivity contribution in [2.75, 3.05) is 26.2 Å². The lowest BCUT2D eigenvalue weighted by Gasteiger charge is -2.35. The zero-order valence-electron chi connectivity index (χ0n) is 22.0. The number of amides is 2. The smallest absolute Gasteiger partial charge is 0.420 e. The number of hydrogen-bond donors (Lipinski definition) is 0. The highest BCUT2D eigenvalue weighted by atomic mass is 35.5. The lowest BCUT2D eigenvalue weighted by Crippen LogP contribution is -2.47. The van der Waals surface area contributed by atoms with Crippen LogP contribution in [0.15, 0.2) is 30.7 Å². The lowest BCUT2D eigenvalue weighted by molar-refractivity contribution is -0.136. The van der Waals surface area contributed by atoms with Gasteiger partial charge in [0.1, 0.15) is 17.4 Å². The molecule has 0 bridgehead atoms. The molecule has 0 radical (unpaired) electrons. The summed E-state index contributed by atoms with van der Waals surface area (Å²) >= 11 is 6.47. The second kappa shape index (κ2) is 10.0. The molecule has 10 nitrogen and oxygen atoms in total. The van der Waals surface area contributed by atoms with Gasteiger partial charge >= 0.3 is 18.4 Å². The average molecular weight is 582 g/mol. The molecule has 3 aromatic rings. The van der Waals surface area contributed by atoms with Crippen molar-refractivity contribution < 1.29 is 37.0 Å². The van der Waals surface area contributed by atoms with Crippen LogP contribution in [0.1, 0.15) is 49.7 Å². The second-order valence-corrected chi connectivity index (χ2v) is 11.1. The summed E-state index contributed by atoms with van der Waals surface area (Å²) < 4.78 is 54.9. The standard InChI is InChI=1S/C26H27ClF3N5O5/c1-25(2,3)40-23(37)33-7-4-15(13-33)16-12-18(26(28,29)30)21-31-19(20(27)35(21)14-16)22(36)32-8-5-17(6-9-32)34-10-11-39-24(34)38/h4,7,12-14,17H,5-6,8-11H2,1-3H3. The van der Waals surface area contributed by atoms with E-state index in [2.05, 4.69) is 4.98 Å². The van der Waals surface area contributed by atoms with E-state index in [9.17, 15) is 27.6 Å². The Bertz CT molecular complexity index is 1480. The Balaban J connectivity index is 1.44. The van der Waals surface area contributed by atoms with Crippen molar-refractivity contribution in [2.45, 2.75) is 51.4 Å². The Morgan fingerprint density at radius 2 is 1.80 bits per heavy atom. The number of rotatable bonds is 3. The molecule has 14 heteroatoms. The first kappa shape index (κ1) is 27.8. The summed E-state index contributed by atoms with van der Waals surface area (Å²) in [6.07, 6.45) is -0.792. The van der Waals surface area contributed by atoms with E-state index in [-0.39, 0.29) is 41.6 Å². The third kappa shape index (κ3) is 5.34. The fourth-order valence-corrected chi connectivity index (χ4v) is 5.13. The SMILES string of the molecule is CC(C)(C)OC(=O)n1ccc(-c2cc(C(F)(F)F)c3nc(C(=O)N4CCC(N5CCOC5=O)CC4)c(Cl)n3c2)c1. The van der Waals surface area contributed by atoms with E-state index in [1.165, 1.54) is 29.6 Å². The monoisotopic (exact) mass is 581 g/mol. The van der Waals surface area contributed by atoms with Crippen LogP contribution >= 0.6 is 11.6 Å². The summed E-state index contributed by atoms with van der Waals surface area (Å²) in [5.41, 5.74) is -2.23. The average Bonchev–Trinajstić information content (AvgIpc) is 3.61. The number of ether oxygens (including phenoxy) is 2. The highest BCUT2D eigenvalue weighted by Crippen LogP contribution is 2.37. The van der Waals surface area contributed by atoms with Gasteiger partial charge in [0.15, 0.2) is 11.3 Å². The van der Waals surface area contributed by atoms with E-state index in [1.807, 2.05) is 0 Å². The zero-order chi connectivity index (χ0) is 29.0. The number of likely N-dealkylation sites (tertiary alicyclic amines) is 1. The number of fused-ring (bicyclic) bond motifs is 1. The maximum Gasteiger partial charge on any atom is 0.420 e. The van der Waals surface area contributed by atoms with Gasteiger partial charge < -0.3 is 19.3 Å². The number of carbonyl (C=O) groups is 3. The third-order valence-corrected chi connectivity index (χ3v) is 7.15. The highest BCUT2D eigenvalue weighted by Gasteiger charge is 2.38. The van der Waals surface area contributed by atoms with Crippen LogP contribution in [0, 0.1) is 0 Å². The number of aromatic nitrogens is 3. The first-order valence-corrected chi connectivity index (χ1v) is 13.0. The molecule has 0 N–H and O–H groups in total. The minimum absolute atomic E-state index is 0.0806. The summed E-state index contributed by atoms with van der Waals surface area (Å²) in [7, 11) is 0. The molecule has 2 aliphatic heterocycles. The molecule has 2 amide bonds. The maximum absolute atomic E-state index is 14.1. The third-order valence-electron chi connectivity index (χ3n) is 6.78. The van der Waals surface area contributed by atoms with Crippen molar-refractivity contribution >= 4 is 35.3 Å². The van der Waals surface area contributed by atoms with Crippen LogP contribution in [0.2, 0.25) is 5.15 Å². The molecule has 3 aromatic heterocycles.